The number of hydrogen-bond donors (Lipinski definition) is 1. The summed E-state index contributed by atoms with van der Waals surface area (Å²) < 4.78 is 11.8. The molecule has 0 aliphatic carbocycles. The summed E-state index contributed by atoms with van der Waals surface area (Å²) in [4.78, 5) is 39.2. The third kappa shape index (κ3) is 5.67. The Morgan fingerprint density at radius 3 is 2.32 bits per heavy atom. The van der Waals surface area contributed by atoms with Crippen LogP contribution in [0.1, 0.15) is 34.7 Å². The van der Waals surface area contributed by atoms with Gasteiger partial charge in [-0.2, -0.15) is 0 Å². The average Bonchev–Trinajstić information content (AvgIpc) is 2.84. The number of carbonyl (C=O) groups excluding carboxylic acids is 3. The van der Waals surface area contributed by atoms with Crippen LogP contribution in [0.4, 0.5) is 10.5 Å². The molecular weight excluding hydrogens is 492 g/mol. The molecule has 1 heterocycles. The van der Waals surface area contributed by atoms with Gasteiger partial charge in [0.15, 0.2) is 11.5 Å². The summed E-state index contributed by atoms with van der Waals surface area (Å²) in [5.74, 6) is -0.787. The van der Waals surface area contributed by atoms with Gasteiger partial charge in [-0.1, -0.05) is 47.5 Å². The first-order chi connectivity index (χ1) is 17.7. The minimum absolute atomic E-state index is 0.206. The molecule has 0 radical (unpaired) electrons. The SMILES string of the molecule is CCOc1cc(/C=C2\C(=O)NC(=O)N(c3ccc(C)cc3)C2=O)cc(Cl)c1OCc1ccc(C)c(C)c1. The van der Waals surface area contributed by atoms with Gasteiger partial charge in [-0.3, -0.25) is 14.9 Å². The molecular formula is C29H27ClN2O5. The minimum atomic E-state index is -0.806. The molecule has 1 N–H and O–H groups in total. The van der Waals surface area contributed by atoms with Crippen molar-refractivity contribution in [2.24, 2.45) is 0 Å². The molecule has 0 saturated carbocycles. The van der Waals surface area contributed by atoms with E-state index in [2.05, 4.69) is 11.4 Å². The number of aryl methyl sites for hydroxylation is 3. The zero-order valence-corrected chi connectivity index (χ0v) is 21.8. The second-order valence-corrected chi connectivity index (χ2v) is 9.17. The zero-order valence-electron chi connectivity index (χ0n) is 21.1. The van der Waals surface area contributed by atoms with E-state index < -0.39 is 17.8 Å². The molecule has 0 atom stereocenters. The van der Waals surface area contributed by atoms with Crippen LogP contribution in [0, 0.1) is 20.8 Å². The predicted octanol–water partition coefficient (Wildman–Crippen LogP) is 5.91. The van der Waals surface area contributed by atoms with Gasteiger partial charge in [0.2, 0.25) is 0 Å². The maximum absolute atomic E-state index is 13.2. The van der Waals surface area contributed by atoms with E-state index in [0.717, 1.165) is 21.6 Å². The smallest absolute Gasteiger partial charge is 0.335 e. The molecule has 0 unspecified atom stereocenters. The number of imide groups is 2. The Morgan fingerprint density at radius 2 is 1.65 bits per heavy atom. The summed E-state index contributed by atoms with van der Waals surface area (Å²) in [6.45, 7) is 8.45. The summed E-state index contributed by atoms with van der Waals surface area (Å²) in [5.41, 5.74) is 4.91. The van der Waals surface area contributed by atoms with Crippen molar-refractivity contribution < 1.29 is 23.9 Å². The molecule has 4 amide bonds. The first kappa shape index (κ1) is 26.0. The zero-order chi connectivity index (χ0) is 26.7. The molecule has 1 saturated heterocycles. The first-order valence-corrected chi connectivity index (χ1v) is 12.2. The van der Waals surface area contributed by atoms with Crippen LogP contribution < -0.4 is 19.7 Å². The topological polar surface area (TPSA) is 84.9 Å². The summed E-state index contributed by atoms with van der Waals surface area (Å²) in [7, 11) is 0. The van der Waals surface area contributed by atoms with Gasteiger partial charge < -0.3 is 9.47 Å². The number of barbiturate groups is 1. The van der Waals surface area contributed by atoms with Crippen LogP contribution in [0.25, 0.3) is 6.08 Å². The molecule has 3 aromatic rings. The summed E-state index contributed by atoms with van der Waals surface area (Å²) in [6, 6.07) is 15.3. The first-order valence-electron chi connectivity index (χ1n) is 11.8. The van der Waals surface area contributed by atoms with Gasteiger partial charge in [0.1, 0.15) is 12.2 Å². The van der Waals surface area contributed by atoms with Crippen molar-refractivity contribution in [1.82, 2.24) is 5.32 Å². The number of halogens is 1. The monoisotopic (exact) mass is 518 g/mol. The second kappa shape index (κ2) is 10.9. The number of rotatable bonds is 7. The predicted molar refractivity (Wildman–Crippen MR) is 143 cm³/mol. The Bertz CT molecular complexity index is 1410. The molecule has 1 fully saturated rings. The number of carbonyl (C=O) groups is 3. The molecule has 190 valence electrons. The normalized spacial score (nSPS) is 14.7. The van der Waals surface area contributed by atoms with Crippen LogP contribution in [-0.2, 0) is 16.2 Å². The maximum atomic E-state index is 13.2. The standard InChI is InChI=1S/C29H27ClN2O5/c1-5-36-25-15-21(14-24(30)26(25)37-16-20-9-8-18(3)19(4)12-20)13-23-27(33)31-29(35)32(28(23)34)22-10-6-17(2)7-11-22/h6-15H,5,16H2,1-4H3,(H,31,33,35)/b23-13+. The summed E-state index contributed by atoms with van der Waals surface area (Å²) in [6.07, 6.45) is 1.38. The molecule has 0 aromatic heterocycles. The van der Waals surface area contributed by atoms with Gasteiger partial charge in [-0.05, 0) is 80.3 Å². The Labute approximate surface area is 220 Å². The van der Waals surface area contributed by atoms with Crippen molar-refractivity contribution >= 4 is 41.2 Å². The van der Waals surface area contributed by atoms with E-state index in [-0.39, 0.29) is 17.2 Å². The van der Waals surface area contributed by atoms with Crippen LogP contribution in [0.2, 0.25) is 5.02 Å². The fourth-order valence-corrected chi connectivity index (χ4v) is 4.15. The Kier molecular flexibility index (Phi) is 7.64. The fourth-order valence-electron chi connectivity index (χ4n) is 3.88. The third-order valence-corrected chi connectivity index (χ3v) is 6.27. The van der Waals surface area contributed by atoms with E-state index in [1.165, 1.54) is 11.6 Å². The molecule has 0 bridgehead atoms. The lowest BCUT2D eigenvalue weighted by Gasteiger charge is -2.26. The number of amides is 4. The highest BCUT2D eigenvalue weighted by Gasteiger charge is 2.36. The minimum Gasteiger partial charge on any atom is -0.490 e. The number of hydrogen-bond acceptors (Lipinski definition) is 5. The lowest BCUT2D eigenvalue weighted by atomic mass is 10.1. The van der Waals surface area contributed by atoms with E-state index in [1.54, 1.807) is 36.4 Å². The van der Waals surface area contributed by atoms with Gasteiger partial charge in [0.05, 0.1) is 17.3 Å². The largest absolute Gasteiger partial charge is 0.490 e. The molecule has 37 heavy (non-hydrogen) atoms. The van der Waals surface area contributed by atoms with Gasteiger partial charge in [0.25, 0.3) is 11.8 Å². The Morgan fingerprint density at radius 1 is 0.919 bits per heavy atom. The number of ether oxygens (including phenoxy) is 2. The molecule has 8 heteroatoms. The second-order valence-electron chi connectivity index (χ2n) is 8.76. The number of urea groups is 1. The van der Waals surface area contributed by atoms with Crippen LogP contribution in [0.15, 0.2) is 60.2 Å². The Hall–Kier alpha value is -4.10. The fraction of sp³-hybridized carbons (Fsp3) is 0.207. The van der Waals surface area contributed by atoms with Gasteiger partial charge in [-0.25, -0.2) is 9.69 Å². The maximum Gasteiger partial charge on any atom is 0.335 e. The Balaban J connectivity index is 1.65. The molecule has 3 aromatic carbocycles. The van der Waals surface area contributed by atoms with Crippen molar-refractivity contribution in [3.05, 3.63) is 93.0 Å². The lowest BCUT2D eigenvalue weighted by molar-refractivity contribution is -0.122. The van der Waals surface area contributed by atoms with Crippen molar-refractivity contribution in [3.63, 3.8) is 0 Å². The van der Waals surface area contributed by atoms with Gasteiger partial charge in [-0.15, -0.1) is 0 Å². The van der Waals surface area contributed by atoms with E-state index >= 15 is 0 Å². The third-order valence-electron chi connectivity index (χ3n) is 5.99. The quantitative estimate of drug-likeness (QED) is 0.310. The highest BCUT2D eigenvalue weighted by atomic mass is 35.5. The van der Waals surface area contributed by atoms with Crippen LogP contribution in [0.5, 0.6) is 11.5 Å². The molecule has 4 rings (SSSR count). The lowest BCUT2D eigenvalue weighted by Crippen LogP contribution is -2.54. The van der Waals surface area contributed by atoms with Crippen LogP contribution in [-0.4, -0.2) is 24.5 Å². The van der Waals surface area contributed by atoms with Crippen LogP contribution >= 0.6 is 11.6 Å². The molecule has 1 aliphatic rings. The summed E-state index contributed by atoms with van der Waals surface area (Å²) >= 11 is 6.56. The van der Waals surface area contributed by atoms with Crippen molar-refractivity contribution in [2.45, 2.75) is 34.3 Å². The van der Waals surface area contributed by atoms with E-state index in [9.17, 15) is 14.4 Å². The molecule has 7 nitrogen and oxygen atoms in total. The molecule has 0 spiro atoms. The van der Waals surface area contributed by atoms with E-state index in [4.69, 9.17) is 21.1 Å². The highest BCUT2D eigenvalue weighted by Crippen LogP contribution is 2.38. The van der Waals surface area contributed by atoms with Crippen molar-refractivity contribution in [3.8, 4) is 11.5 Å². The van der Waals surface area contributed by atoms with Crippen molar-refractivity contribution in [1.29, 1.82) is 0 Å². The van der Waals surface area contributed by atoms with Crippen LogP contribution in [0.3, 0.4) is 0 Å². The van der Waals surface area contributed by atoms with Gasteiger partial charge in [0, 0.05) is 0 Å². The summed E-state index contributed by atoms with van der Waals surface area (Å²) in [5, 5.41) is 2.49. The average molecular weight is 519 g/mol. The van der Waals surface area contributed by atoms with E-state index in [1.807, 2.05) is 39.8 Å². The number of nitrogens with zero attached hydrogens (tertiary/aromatic N) is 1. The van der Waals surface area contributed by atoms with Gasteiger partial charge >= 0.3 is 6.03 Å². The number of anilines is 1. The molecule has 1 aliphatic heterocycles. The number of nitrogens with one attached hydrogen (secondary N) is 1. The van der Waals surface area contributed by atoms with Crippen molar-refractivity contribution in [2.75, 3.05) is 11.5 Å². The highest BCUT2D eigenvalue weighted by molar-refractivity contribution is 6.39. The number of benzene rings is 3. The van der Waals surface area contributed by atoms with E-state index in [0.29, 0.717) is 29.4 Å².